The van der Waals surface area contributed by atoms with Gasteiger partial charge >= 0.3 is 0 Å². The minimum absolute atomic E-state index is 0.439. The number of nitrogens with zero attached hydrogens (tertiary/aromatic N) is 3. The molecule has 6 nitrogen and oxygen atoms in total. The fourth-order valence-corrected chi connectivity index (χ4v) is 2.87. The number of amides is 1. The van der Waals surface area contributed by atoms with Crippen LogP contribution >= 0.6 is 0 Å². The Balaban J connectivity index is 1.82. The molecule has 0 spiro atoms. The third kappa shape index (κ3) is 2.71. The molecule has 2 aromatic rings. The number of aromatic nitrogens is 2. The second-order valence-electron chi connectivity index (χ2n) is 5.46. The standard InChI is InChI=1S/C15H21N5O/c1-2-6-19-7-9-20(10-8-19)15-17-12-5-3-4-11(14(16)21)13(12)18-15/h3-5H,2,6-10H2,1H3,(H2,16,21)(H,17,18). The second kappa shape index (κ2) is 5.73. The van der Waals surface area contributed by atoms with E-state index in [0.717, 1.165) is 44.2 Å². The highest BCUT2D eigenvalue weighted by atomic mass is 16.1. The van der Waals surface area contributed by atoms with Crippen molar-refractivity contribution in [3.05, 3.63) is 23.8 Å². The lowest BCUT2D eigenvalue weighted by Gasteiger charge is -2.34. The Bertz CT molecular complexity index is 643. The first kappa shape index (κ1) is 13.9. The molecule has 21 heavy (non-hydrogen) atoms. The first-order valence-corrected chi connectivity index (χ1v) is 7.45. The Morgan fingerprint density at radius 1 is 1.33 bits per heavy atom. The number of primary amides is 1. The molecule has 1 amide bonds. The monoisotopic (exact) mass is 287 g/mol. The van der Waals surface area contributed by atoms with Crippen LogP contribution in [0.2, 0.25) is 0 Å². The minimum Gasteiger partial charge on any atom is -0.366 e. The van der Waals surface area contributed by atoms with E-state index in [4.69, 9.17) is 5.73 Å². The van der Waals surface area contributed by atoms with Crippen molar-refractivity contribution in [2.24, 2.45) is 5.73 Å². The van der Waals surface area contributed by atoms with Gasteiger partial charge in [-0.2, -0.15) is 0 Å². The van der Waals surface area contributed by atoms with E-state index < -0.39 is 5.91 Å². The van der Waals surface area contributed by atoms with Gasteiger partial charge in [-0.1, -0.05) is 13.0 Å². The third-order valence-electron chi connectivity index (χ3n) is 3.98. The minimum atomic E-state index is -0.439. The van der Waals surface area contributed by atoms with Crippen LogP contribution in [0.5, 0.6) is 0 Å². The number of nitrogens with one attached hydrogen (secondary N) is 1. The lowest BCUT2D eigenvalue weighted by molar-refractivity contribution is 0.100. The predicted molar refractivity (Wildman–Crippen MR) is 83.6 cm³/mol. The fraction of sp³-hybridized carbons (Fsp3) is 0.467. The molecule has 1 fully saturated rings. The van der Waals surface area contributed by atoms with Crippen LogP contribution < -0.4 is 10.6 Å². The van der Waals surface area contributed by atoms with Crippen molar-refractivity contribution in [2.75, 3.05) is 37.6 Å². The van der Waals surface area contributed by atoms with Gasteiger partial charge in [0.2, 0.25) is 5.95 Å². The molecule has 2 heterocycles. The Morgan fingerprint density at radius 2 is 2.10 bits per heavy atom. The molecule has 1 aromatic heterocycles. The van der Waals surface area contributed by atoms with Crippen molar-refractivity contribution in [3.8, 4) is 0 Å². The van der Waals surface area contributed by atoms with E-state index in [1.165, 1.54) is 6.42 Å². The molecule has 3 rings (SSSR count). The van der Waals surface area contributed by atoms with Gasteiger partial charge in [-0.3, -0.25) is 9.69 Å². The third-order valence-corrected chi connectivity index (χ3v) is 3.98. The summed E-state index contributed by atoms with van der Waals surface area (Å²) in [6.45, 7) is 7.36. The smallest absolute Gasteiger partial charge is 0.250 e. The summed E-state index contributed by atoms with van der Waals surface area (Å²) in [5.74, 6) is 0.390. The Morgan fingerprint density at radius 3 is 2.76 bits per heavy atom. The predicted octanol–water partition coefficient (Wildman–Crippen LogP) is 1.19. The topological polar surface area (TPSA) is 78.2 Å². The van der Waals surface area contributed by atoms with Gasteiger partial charge in [-0.05, 0) is 25.1 Å². The number of hydrogen-bond donors (Lipinski definition) is 2. The van der Waals surface area contributed by atoms with Crippen LogP contribution in [-0.4, -0.2) is 53.5 Å². The average Bonchev–Trinajstić information content (AvgIpc) is 2.92. The summed E-state index contributed by atoms with van der Waals surface area (Å²) in [6, 6.07) is 5.46. The van der Waals surface area contributed by atoms with Gasteiger partial charge in [0.15, 0.2) is 0 Å². The molecule has 0 radical (unpaired) electrons. The van der Waals surface area contributed by atoms with Crippen molar-refractivity contribution in [1.82, 2.24) is 14.9 Å². The van der Waals surface area contributed by atoms with Crippen LogP contribution in [0.25, 0.3) is 11.0 Å². The molecule has 0 aliphatic carbocycles. The molecule has 0 saturated carbocycles. The van der Waals surface area contributed by atoms with Crippen LogP contribution in [0.4, 0.5) is 5.95 Å². The van der Waals surface area contributed by atoms with Crippen molar-refractivity contribution >= 4 is 22.9 Å². The van der Waals surface area contributed by atoms with E-state index in [1.54, 1.807) is 6.07 Å². The fourth-order valence-electron chi connectivity index (χ4n) is 2.87. The average molecular weight is 287 g/mol. The van der Waals surface area contributed by atoms with Gasteiger partial charge in [-0.25, -0.2) is 4.98 Å². The highest BCUT2D eigenvalue weighted by Crippen LogP contribution is 2.21. The van der Waals surface area contributed by atoms with Crippen molar-refractivity contribution < 1.29 is 4.79 Å². The summed E-state index contributed by atoms with van der Waals surface area (Å²) in [4.78, 5) is 24.0. The largest absolute Gasteiger partial charge is 0.366 e. The summed E-state index contributed by atoms with van der Waals surface area (Å²) in [5.41, 5.74) is 7.40. The van der Waals surface area contributed by atoms with E-state index in [-0.39, 0.29) is 0 Å². The Hall–Kier alpha value is -2.08. The van der Waals surface area contributed by atoms with Crippen LogP contribution in [0.3, 0.4) is 0 Å². The number of rotatable bonds is 4. The molecule has 1 aliphatic heterocycles. The Kier molecular flexibility index (Phi) is 3.79. The summed E-state index contributed by atoms with van der Waals surface area (Å²) in [5, 5.41) is 0. The zero-order valence-electron chi connectivity index (χ0n) is 12.3. The molecule has 6 heteroatoms. The zero-order valence-corrected chi connectivity index (χ0v) is 12.3. The number of fused-ring (bicyclic) bond motifs is 1. The van der Waals surface area contributed by atoms with Crippen molar-refractivity contribution in [2.45, 2.75) is 13.3 Å². The molecule has 112 valence electrons. The molecular formula is C15H21N5O. The second-order valence-corrected chi connectivity index (χ2v) is 5.46. The van der Waals surface area contributed by atoms with E-state index >= 15 is 0 Å². The normalized spacial score (nSPS) is 16.5. The maximum Gasteiger partial charge on any atom is 0.250 e. The number of anilines is 1. The lowest BCUT2D eigenvalue weighted by Crippen LogP contribution is -2.46. The van der Waals surface area contributed by atoms with Crippen LogP contribution in [0, 0.1) is 0 Å². The highest BCUT2D eigenvalue weighted by molar-refractivity contribution is 6.04. The van der Waals surface area contributed by atoms with Gasteiger partial charge in [0, 0.05) is 26.2 Å². The number of aromatic amines is 1. The van der Waals surface area contributed by atoms with Crippen molar-refractivity contribution in [1.29, 1.82) is 0 Å². The van der Waals surface area contributed by atoms with Crippen LogP contribution in [-0.2, 0) is 0 Å². The van der Waals surface area contributed by atoms with E-state index in [1.807, 2.05) is 12.1 Å². The SMILES string of the molecule is CCCN1CCN(c2nc3c(C(N)=O)cccc3[nH]2)CC1. The molecule has 0 unspecified atom stereocenters. The highest BCUT2D eigenvalue weighted by Gasteiger charge is 2.20. The molecule has 1 aromatic carbocycles. The number of piperazine rings is 1. The summed E-state index contributed by atoms with van der Waals surface area (Å²) >= 11 is 0. The first-order valence-electron chi connectivity index (χ1n) is 7.45. The van der Waals surface area contributed by atoms with Gasteiger partial charge in [0.25, 0.3) is 5.91 Å². The molecule has 1 saturated heterocycles. The maximum atomic E-state index is 11.5. The van der Waals surface area contributed by atoms with Gasteiger partial charge in [0.05, 0.1) is 11.1 Å². The van der Waals surface area contributed by atoms with E-state index in [9.17, 15) is 4.79 Å². The van der Waals surface area contributed by atoms with Gasteiger partial charge in [-0.15, -0.1) is 0 Å². The first-order chi connectivity index (χ1) is 10.2. The zero-order chi connectivity index (χ0) is 14.8. The molecule has 1 aliphatic rings. The summed E-state index contributed by atoms with van der Waals surface area (Å²) in [6.07, 6.45) is 1.19. The van der Waals surface area contributed by atoms with Crippen molar-refractivity contribution in [3.63, 3.8) is 0 Å². The molecule has 3 N–H and O–H groups in total. The number of nitrogens with two attached hydrogens (primary N) is 1. The van der Waals surface area contributed by atoms with Crippen LogP contribution in [0.15, 0.2) is 18.2 Å². The Labute approximate surface area is 123 Å². The molecular weight excluding hydrogens is 266 g/mol. The van der Waals surface area contributed by atoms with E-state index in [2.05, 4.69) is 26.7 Å². The number of carbonyl (C=O) groups excluding carboxylic acids is 1. The number of carbonyl (C=O) groups is 1. The number of benzene rings is 1. The number of hydrogen-bond acceptors (Lipinski definition) is 4. The maximum absolute atomic E-state index is 11.5. The summed E-state index contributed by atoms with van der Waals surface area (Å²) in [7, 11) is 0. The number of H-pyrrole nitrogens is 1. The van der Waals surface area contributed by atoms with Gasteiger partial charge < -0.3 is 15.6 Å². The number of imidazole rings is 1. The van der Waals surface area contributed by atoms with Crippen LogP contribution in [0.1, 0.15) is 23.7 Å². The lowest BCUT2D eigenvalue weighted by atomic mass is 10.2. The number of para-hydroxylation sites is 1. The van der Waals surface area contributed by atoms with E-state index in [0.29, 0.717) is 11.1 Å². The summed E-state index contributed by atoms with van der Waals surface area (Å²) < 4.78 is 0. The van der Waals surface area contributed by atoms with Gasteiger partial charge in [0.1, 0.15) is 5.52 Å². The quantitative estimate of drug-likeness (QED) is 0.885. The molecule has 0 bridgehead atoms. The molecule has 0 atom stereocenters.